The van der Waals surface area contributed by atoms with E-state index >= 15 is 0 Å². The van der Waals surface area contributed by atoms with Gasteiger partial charge in [0.2, 0.25) is 0 Å². The molecule has 0 spiro atoms. The fourth-order valence-corrected chi connectivity index (χ4v) is 5.63. The normalized spacial score (nSPS) is 28.7. The summed E-state index contributed by atoms with van der Waals surface area (Å²) < 4.78 is 0. The Labute approximate surface area is 102 Å². The van der Waals surface area contributed by atoms with E-state index in [4.69, 9.17) is 0 Å². The number of Topliss-reactive ketones (excluding diaryl/α,β-unsaturated/α-hetero) is 1. The first kappa shape index (κ1) is 12.2. The number of hydrogen-bond acceptors (Lipinski definition) is 1. The standard InChI is InChI=1S/C14H23OS/c1-2-16(12-8-4-3-5-9-12)14-11-7-6-10-13(14)15/h8,14H,2-7,9-11H2,1H3/q+1. The highest BCUT2D eigenvalue weighted by molar-refractivity contribution is 8.01. The largest absolute Gasteiger partial charge is 0.294 e. The Hall–Kier alpha value is -0.240. The number of carbonyl (C=O) groups excluding carboxylic acids is 1. The van der Waals surface area contributed by atoms with Crippen LogP contribution in [0, 0.1) is 0 Å². The van der Waals surface area contributed by atoms with Crippen LogP contribution in [0.3, 0.4) is 0 Å². The van der Waals surface area contributed by atoms with Crippen molar-refractivity contribution in [2.24, 2.45) is 0 Å². The van der Waals surface area contributed by atoms with Crippen molar-refractivity contribution in [1.29, 1.82) is 0 Å². The van der Waals surface area contributed by atoms with Crippen molar-refractivity contribution in [3.8, 4) is 0 Å². The zero-order valence-electron chi connectivity index (χ0n) is 10.3. The van der Waals surface area contributed by atoms with Gasteiger partial charge in [0.1, 0.15) is 10.7 Å². The van der Waals surface area contributed by atoms with Crippen molar-refractivity contribution >= 4 is 16.7 Å². The van der Waals surface area contributed by atoms with Crippen LogP contribution in [0.5, 0.6) is 0 Å². The molecule has 0 aromatic carbocycles. The molecule has 0 aliphatic heterocycles. The Morgan fingerprint density at radius 3 is 2.69 bits per heavy atom. The summed E-state index contributed by atoms with van der Waals surface area (Å²) >= 11 is 0. The van der Waals surface area contributed by atoms with Crippen LogP contribution in [-0.2, 0) is 15.7 Å². The molecule has 2 aliphatic rings. The molecule has 0 N–H and O–H groups in total. The molecule has 16 heavy (non-hydrogen) atoms. The van der Waals surface area contributed by atoms with E-state index in [0.717, 1.165) is 19.3 Å². The number of allylic oxidation sites excluding steroid dienone is 2. The van der Waals surface area contributed by atoms with Gasteiger partial charge in [0.15, 0.2) is 11.0 Å². The maximum absolute atomic E-state index is 12.0. The van der Waals surface area contributed by atoms with E-state index in [1.165, 1.54) is 37.9 Å². The summed E-state index contributed by atoms with van der Waals surface area (Å²) in [5, 5.41) is 0.392. The van der Waals surface area contributed by atoms with Gasteiger partial charge >= 0.3 is 0 Å². The van der Waals surface area contributed by atoms with E-state index in [-0.39, 0.29) is 10.9 Å². The average molecular weight is 239 g/mol. The topological polar surface area (TPSA) is 17.1 Å². The molecule has 1 nitrogen and oxygen atoms in total. The fourth-order valence-electron chi connectivity index (χ4n) is 2.87. The van der Waals surface area contributed by atoms with E-state index in [9.17, 15) is 4.79 Å². The lowest BCUT2D eigenvalue weighted by molar-refractivity contribution is -0.119. The lowest BCUT2D eigenvalue weighted by Gasteiger charge is -2.23. The van der Waals surface area contributed by atoms with E-state index < -0.39 is 0 Å². The molecule has 2 aliphatic carbocycles. The van der Waals surface area contributed by atoms with E-state index in [0.29, 0.717) is 11.0 Å². The molecule has 0 radical (unpaired) electrons. The summed E-state index contributed by atoms with van der Waals surface area (Å²) in [7, 11) is 0.277. The zero-order chi connectivity index (χ0) is 11.4. The van der Waals surface area contributed by atoms with Gasteiger partial charge in [-0.05, 0) is 45.1 Å². The van der Waals surface area contributed by atoms with E-state index in [1.807, 2.05) is 0 Å². The Morgan fingerprint density at radius 2 is 2.06 bits per heavy atom. The SMILES string of the molecule is CC[S+](C1=CCCCC1)C1CCCCC1=O. The van der Waals surface area contributed by atoms with Gasteiger partial charge in [-0.3, -0.25) is 4.79 Å². The van der Waals surface area contributed by atoms with Crippen LogP contribution < -0.4 is 0 Å². The molecule has 0 saturated heterocycles. The average Bonchev–Trinajstić information content (AvgIpc) is 2.34. The van der Waals surface area contributed by atoms with Crippen molar-refractivity contribution in [2.75, 3.05) is 5.75 Å². The third-order valence-corrected chi connectivity index (χ3v) is 6.59. The smallest absolute Gasteiger partial charge is 0.185 e. The Balaban J connectivity index is 2.08. The molecular formula is C14H23OS+. The van der Waals surface area contributed by atoms with Gasteiger partial charge in [-0.2, -0.15) is 0 Å². The minimum atomic E-state index is 0.277. The van der Waals surface area contributed by atoms with Crippen LogP contribution in [0.1, 0.15) is 58.3 Å². The maximum atomic E-state index is 12.0. The van der Waals surface area contributed by atoms with Crippen LogP contribution in [-0.4, -0.2) is 16.8 Å². The van der Waals surface area contributed by atoms with E-state index in [1.54, 1.807) is 4.91 Å². The molecule has 2 unspecified atom stereocenters. The second kappa shape index (κ2) is 5.90. The number of rotatable bonds is 3. The monoisotopic (exact) mass is 239 g/mol. The van der Waals surface area contributed by atoms with Gasteiger partial charge < -0.3 is 0 Å². The molecule has 2 rings (SSSR count). The van der Waals surface area contributed by atoms with Gasteiger partial charge in [-0.25, -0.2) is 0 Å². The highest BCUT2D eigenvalue weighted by atomic mass is 32.2. The molecule has 0 aromatic heterocycles. The van der Waals surface area contributed by atoms with Crippen molar-refractivity contribution < 1.29 is 4.79 Å². The minimum Gasteiger partial charge on any atom is -0.294 e. The predicted molar refractivity (Wildman–Crippen MR) is 71.7 cm³/mol. The first-order valence-electron chi connectivity index (χ1n) is 6.74. The highest BCUT2D eigenvalue weighted by Crippen LogP contribution is 2.32. The Morgan fingerprint density at radius 1 is 1.25 bits per heavy atom. The predicted octanol–water partition coefficient (Wildman–Crippen LogP) is 3.59. The van der Waals surface area contributed by atoms with Crippen LogP contribution in [0.2, 0.25) is 0 Å². The summed E-state index contributed by atoms with van der Waals surface area (Å²) in [4.78, 5) is 13.7. The lowest BCUT2D eigenvalue weighted by Crippen LogP contribution is -2.35. The number of hydrogen-bond donors (Lipinski definition) is 0. The third kappa shape index (κ3) is 2.71. The van der Waals surface area contributed by atoms with Crippen molar-refractivity contribution in [2.45, 2.75) is 63.5 Å². The molecule has 2 heteroatoms. The summed E-state index contributed by atoms with van der Waals surface area (Å²) in [6.07, 6.45) is 12.1. The second-order valence-corrected chi connectivity index (χ2v) is 7.36. The first-order valence-corrected chi connectivity index (χ1v) is 8.20. The molecule has 1 fully saturated rings. The van der Waals surface area contributed by atoms with Gasteiger partial charge in [0.05, 0.1) is 0 Å². The minimum absolute atomic E-state index is 0.277. The van der Waals surface area contributed by atoms with Crippen LogP contribution in [0.15, 0.2) is 11.0 Å². The molecule has 0 bridgehead atoms. The van der Waals surface area contributed by atoms with Crippen molar-refractivity contribution in [1.82, 2.24) is 0 Å². The molecule has 2 atom stereocenters. The molecule has 0 aromatic rings. The lowest BCUT2D eigenvalue weighted by atomic mass is 9.99. The molecule has 90 valence electrons. The molecule has 0 amide bonds. The first-order chi connectivity index (χ1) is 7.83. The summed E-state index contributed by atoms with van der Waals surface area (Å²) in [6.45, 7) is 2.26. The fraction of sp³-hybridized carbons (Fsp3) is 0.786. The number of carbonyl (C=O) groups is 1. The van der Waals surface area contributed by atoms with Gasteiger partial charge in [0, 0.05) is 30.2 Å². The zero-order valence-corrected chi connectivity index (χ0v) is 11.2. The van der Waals surface area contributed by atoms with Gasteiger partial charge in [-0.1, -0.05) is 0 Å². The highest BCUT2D eigenvalue weighted by Gasteiger charge is 2.39. The quantitative estimate of drug-likeness (QED) is 0.688. The van der Waals surface area contributed by atoms with Gasteiger partial charge in [0.25, 0.3) is 0 Å². The third-order valence-electron chi connectivity index (χ3n) is 3.74. The van der Waals surface area contributed by atoms with Gasteiger partial charge in [-0.15, -0.1) is 0 Å². The molecule has 0 heterocycles. The van der Waals surface area contributed by atoms with E-state index in [2.05, 4.69) is 13.0 Å². The molecule has 1 saturated carbocycles. The van der Waals surface area contributed by atoms with Crippen LogP contribution in [0.4, 0.5) is 0 Å². The summed E-state index contributed by atoms with van der Waals surface area (Å²) in [5.41, 5.74) is 0. The Bertz CT molecular complexity index is 282. The number of ketones is 1. The van der Waals surface area contributed by atoms with Crippen molar-refractivity contribution in [3.05, 3.63) is 11.0 Å². The molecular weight excluding hydrogens is 216 g/mol. The van der Waals surface area contributed by atoms with Crippen LogP contribution in [0.25, 0.3) is 0 Å². The van der Waals surface area contributed by atoms with Crippen molar-refractivity contribution in [3.63, 3.8) is 0 Å². The maximum Gasteiger partial charge on any atom is 0.185 e. The summed E-state index contributed by atoms with van der Waals surface area (Å²) in [6, 6.07) is 0. The Kier molecular flexibility index (Phi) is 4.51. The van der Waals surface area contributed by atoms with Crippen LogP contribution >= 0.6 is 0 Å². The second-order valence-electron chi connectivity index (χ2n) is 4.83. The summed E-state index contributed by atoms with van der Waals surface area (Å²) in [5.74, 6) is 1.74.